The minimum absolute atomic E-state index is 0.162. The predicted molar refractivity (Wildman–Crippen MR) is 129 cm³/mol. The SMILES string of the molecule is CCOC(=O)C[C@@H]1O[C@@H](c2cccc(OC)c2OC)c2cc(Cl)ccc2N=C1NNC(=O)COC. The Kier molecular flexibility index (Phi) is 9.30. The van der Waals surface area contributed by atoms with Gasteiger partial charge in [0.15, 0.2) is 17.3 Å². The van der Waals surface area contributed by atoms with Gasteiger partial charge in [-0.3, -0.25) is 20.4 Å². The highest BCUT2D eigenvalue weighted by Gasteiger charge is 2.34. The first-order valence-electron chi connectivity index (χ1n) is 10.9. The quantitative estimate of drug-likeness (QED) is 0.415. The summed E-state index contributed by atoms with van der Waals surface area (Å²) in [7, 11) is 4.47. The van der Waals surface area contributed by atoms with Gasteiger partial charge in [0.25, 0.3) is 5.91 Å². The number of nitrogens with zero attached hydrogens (tertiary/aromatic N) is 1. The van der Waals surface area contributed by atoms with Crippen LogP contribution in [0.5, 0.6) is 11.5 Å². The molecular weight excluding hydrogens is 478 g/mol. The van der Waals surface area contributed by atoms with Crippen LogP contribution in [-0.2, 0) is 23.8 Å². The van der Waals surface area contributed by atoms with E-state index in [1.807, 2.05) is 6.07 Å². The van der Waals surface area contributed by atoms with Gasteiger partial charge in [-0.15, -0.1) is 0 Å². The van der Waals surface area contributed by atoms with E-state index in [1.165, 1.54) is 21.3 Å². The van der Waals surface area contributed by atoms with Gasteiger partial charge in [-0.2, -0.15) is 0 Å². The lowest BCUT2D eigenvalue weighted by atomic mass is 9.98. The van der Waals surface area contributed by atoms with Gasteiger partial charge >= 0.3 is 5.97 Å². The highest BCUT2D eigenvalue weighted by molar-refractivity contribution is 6.30. The molecule has 0 bridgehead atoms. The van der Waals surface area contributed by atoms with E-state index < -0.39 is 24.1 Å². The molecule has 0 saturated carbocycles. The third kappa shape index (κ3) is 6.41. The summed E-state index contributed by atoms with van der Waals surface area (Å²) in [6, 6.07) is 10.6. The van der Waals surface area contributed by atoms with Crippen LogP contribution in [0.25, 0.3) is 0 Å². The Morgan fingerprint density at radius 1 is 1.11 bits per heavy atom. The van der Waals surface area contributed by atoms with Gasteiger partial charge in [-0.05, 0) is 31.2 Å². The van der Waals surface area contributed by atoms with Crippen molar-refractivity contribution in [1.29, 1.82) is 0 Å². The van der Waals surface area contributed by atoms with Crippen molar-refractivity contribution in [3.05, 3.63) is 52.5 Å². The fourth-order valence-electron chi connectivity index (χ4n) is 3.63. The third-order valence-corrected chi connectivity index (χ3v) is 5.33. The lowest BCUT2D eigenvalue weighted by Gasteiger charge is -2.26. The number of carbonyl (C=O) groups excluding carboxylic acids is 2. The van der Waals surface area contributed by atoms with E-state index in [1.54, 1.807) is 37.3 Å². The molecule has 1 amide bonds. The minimum atomic E-state index is -0.913. The van der Waals surface area contributed by atoms with Crippen LogP contribution in [0.3, 0.4) is 0 Å². The number of rotatable bonds is 8. The normalized spacial score (nSPS) is 16.9. The number of amidine groups is 1. The second-order valence-electron chi connectivity index (χ2n) is 7.40. The van der Waals surface area contributed by atoms with Crippen molar-refractivity contribution in [3.8, 4) is 11.5 Å². The summed E-state index contributed by atoms with van der Waals surface area (Å²) in [6.45, 7) is 1.75. The van der Waals surface area contributed by atoms with Crippen molar-refractivity contribution in [2.45, 2.75) is 25.6 Å². The Balaban J connectivity index is 2.10. The van der Waals surface area contributed by atoms with Gasteiger partial charge in [0.2, 0.25) is 0 Å². The predicted octanol–water partition coefficient (Wildman–Crippen LogP) is 3.10. The molecule has 0 aromatic heterocycles. The molecule has 1 aliphatic heterocycles. The Morgan fingerprint density at radius 2 is 1.91 bits per heavy atom. The zero-order valence-electron chi connectivity index (χ0n) is 19.9. The van der Waals surface area contributed by atoms with Crippen molar-refractivity contribution < 1.29 is 33.3 Å². The maximum Gasteiger partial charge on any atom is 0.308 e. The molecule has 1 aliphatic rings. The first-order valence-corrected chi connectivity index (χ1v) is 11.2. The molecule has 188 valence electrons. The molecule has 0 fully saturated rings. The first kappa shape index (κ1) is 26.3. The van der Waals surface area contributed by atoms with E-state index >= 15 is 0 Å². The number of fused-ring (bicyclic) bond motifs is 1. The summed E-state index contributed by atoms with van der Waals surface area (Å²) in [5.74, 6) is 0.253. The molecule has 2 aromatic rings. The molecule has 0 aliphatic carbocycles. The molecule has 10 nitrogen and oxygen atoms in total. The summed E-state index contributed by atoms with van der Waals surface area (Å²) in [4.78, 5) is 29.1. The van der Waals surface area contributed by atoms with Crippen molar-refractivity contribution in [3.63, 3.8) is 0 Å². The Hall–Kier alpha value is -3.34. The van der Waals surface area contributed by atoms with Crippen molar-refractivity contribution >= 4 is 35.0 Å². The van der Waals surface area contributed by atoms with E-state index in [-0.39, 0.29) is 25.5 Å². The number of para-hydroxylation sites is 1. The molecule has 2 atom stereocenters. The van der Waals surface area contributed by atoms with E-state index in [0.717, 1.165) is 0 Å². The molecule has 11 heteroatoms. The maximum absolute atomic E-state index is 12.4. The van der Waals surface area contributed by atoms with Crippen molar-refractivity contribution in [1.82, 2.24) is 10.9 Å². The average Bonchev–Trinajstić information content (AvgIpc) is 2.99. The molecular formula is C24H28ClN3O7. The van der Waals surface area contributed by atoms with Gasteiger partial charge < -0.3 is 23.7 Å². The van der Waals surface area contributed by atoms with Gasteiger partial charge in [-0.1, -0.05) is 23.7 Å². The monoisotopic (exact) mass is 505 g/mol. The molecule has 1 heterocycles. The number of methoxy groups -OCH3 is 3. The Bertz CT molecular complexity index is 1090. The second-order valence-corrected chi connectivity index (χ2v) is 7.84. The van der Waals surface area contributed by atoms with Crippen molar-refractivity contribution in [2.24, 2.45) is 4.99 Å². The van der Waals surface area contributed by atoms with E-state index in [2.05, 4.69) is 15.8 Å². The lowest BCUT2D eigenvalue weighted by molar-refractivity contribution is -0.145. The smallest absolute Gasteiger partial charge is 0.308 e. The van der Waals surface area contributed by atoms with E-state index in [0.29, 0.717) is 33.3 Å². The minimum Gasteiger partial charge on any atom is -0.493 e. The lowest BCUT2D eigenvalue weighted by Crippen LogP contribution is -2.48. The van der Waals surface area contributed by atoms with Crippen LogP contribution in [-0.4, -0.2) is 58.4 Å². The summed E-state index contributed by atoms with van der Waals surface area (Å²) in [5, 5.41) is 0.473. The number of carbonyl (C=O) groups is 2. The number of hydrogen-bond acceptors (Lipinski definition) is 9. The second kappa shape index (κ2) is 12.4. The summed E-state index contributed by atoms with van der Waals surface area (Å²) in [6.07, 6.45) is -1.82. The van der Waals surface area contributed by atoms with Crippen LogP contribution in [0.15, 0.2) is 41.4 Å². The van der Waals surface area contributed by atoms with Crippen molar-refractivity contribution in [2.75, 3.05) is 34.5 Å². The highest BCUT2D eigenvalue weighted by Crippen LogP contribution is 2.44. The van der Waals surface area contributed by atoms with Crippen LogP contribution < -0.4 is 20.3 Å². The molecule has 2 aromatic carbocycles. The third-order valence-electron chi connectivity index (χ3n) is 5.10. The van der Waals surface area contributed by atoms with Crippen LogP contribution >= 0.6 is 11.6 Å². The summed E-state index contributed by atoms with van der Waals surface area (Å²) < 4.78 is 27.6. The van der Waals surface area contributed by atoms with Gasteiger partial charge in [0.1, 0.15) is 18.8 Å². The fraction of sp³-hybridized carbons (Fsp3) is 0.375. The van der Waals surface area contributed by atoms with E-state index in [9.17, 15) is 9.59 Å². The number of nitrogens with one attached hydrogen (secondary N) is 2. The van der Waals surface area contributed by atoms with Gasteiger partial charge in [-0.25, -0.2) is 4.99 Å². The number of ether oxygens (including phenoxy) is 5. The number of benzene rings is 2. The highest BCUT2D eigenvalue weighted by atomic mass is 35.5. The zero-order chi connectivity index (χ0) is 25.4. The Labute approximate surface area is 208 Å². The van der Waals surface area contributed by atoms with Crippen LogP contribution in [0, 0.1) is 0 Å². The van der Waals surface area contributed by atoms with Crippen LogP contribution in [0.4, 0.5) is 5.69 Å². The maximum atomic E-state index is 12.4. The summed E-state index contributed by atoms with van der Waals surface area (Å²) in [5.41, 5.74) is 7.08. The molecule has 0 unspecified atom stereocenters. The average molecular weight is 506 g/mol. The largest absolute Gasteiger partial charge is 0.493 e. The number of esters is 1. The number of amides is 1. The van der Waals surface area contributed by atoms with Crippen LogP contribution in [0.2, 0.25) is 5.02 Å². The Morgan fingerprint density at radius 3 is 2.60 bits per heavy atom. The number of aliphatic imine (C=N–C) groups is 1. The molecule has 0 spiro atoms. The fourth-order valence-corrected chi connectivity index (χ4v) is 3.81. The first-order chi connectivity index (χ1) is 16.9. The molecule has 0 saturated heterocycles. The van der Waals surface area contributed by atoms with Gasteiger partial charge in [0, 0.05) is 23.3 Å². The molecule has 0 radical (unpaired) electrons. The number of hydrogen-bond donors (Lipinski definition) is 2. The van der Waals surface area contributed by atoms with E-state index in [4.69, 9.17) is 35.3 Å². The standard InChI is InChI=1S/C24H28ClN3O7/c1-5-34-21(30)12-19-24(28-27-20(29)13-31-2)26-17-10-9-14(25)11-16(17)22(35-19)15-7-6-8-18(32-3)23(15)33-4/h6-11,19,22H,5,12-13H2,1-4H3,(H,26,28)(H,27,29)/t19-,22-/m0/s1. The summed E-state index contributed by atoms with van der Waals surface area (Å²) >= 11 is 6.33. The zero-order valence-corrected chi connectivity index (χ0v) is 20.7. The molecule has 2 N–H and O–H groups in total. The number of hydrazine groups is 1. The van der Waals surface area contributed by atoms with Crippen LogP contribution in [0.1, 0.15) is 30.6 Å². The topological polar surface area (TPSA) is 117 Å². The molecule has 35 heavy (non-hydrogen) atoms. The number of halogens is 1. The molecule has 3 rings (SSSR count). The van der Waals surface area contributed by atoms with Gasteiger partial charge in [0.05, 0.1) is 32.9 Å².